The number of hydrogen-bond donors (Lipinski definition) is 1. The first-order valence-corrected chi connectivity index (χ1v) is 17.4. The molecule has 0 radical (unpaired) electrons. The maximum absolute atomic E-state index is 6.34. The third-order valence-electron chi connectivity index (χ3n) is 9.74. The molecule has 232 valence electrons. The van der Waals surface area contributed by atoms with Crippen molar-refractivity contribution in [2.45, 2.75) is 6.54 Å². The highest BCUT2D eigenvalue weighted by molar-refractivity contribution is 7.20. The smallest absolute Gasteiger partial charge is 0.137 e. The molecule has 0 bridgehead atoms. The molecule has 0 fully saturated rings. The van der Waals surface area contributed by atoms with Gasteiger partial charge in [0.05, 0.1) is 0 Å². The highest BCUT2D eigenvalue weighted by Gasteiger charge is 2.19. The zero-order valence-corrected chi connectivity index (χ0v) is 27.4. The number of hydrogen-bond acceptors (Lipinski definition) is 4. The Kier molecular flexibility index (Phi) is 6.42. The standard InChI is InChI=1S/C45H30N2OS/c1-2-10-35-29(8-1)9-7-13-36(35)30-16-20-32(21-17-30)47(34-24-25-38-37-11-3-5-14-42(37)48-43(38)26-34)33-22-18-31(19-23-33)41-27-45-40(28-46-41)39-12-4-6-15-44(39)49-45/h1-27,46H,28H2. The van der Waals surface area contributed by atoms with E-state index in [2.05, 4.69) is 162 Å². The first-order chi connectivity index (χ1) is 24.3. The summed E-state index contributed by atoms with van der Waals surface area (Å²) in [5.74, 6) is 0. The lowest BCUT2D eigenvalue weighted by molar-refractivity contribution is 0.669. The van der Waals surface area contributed by atoms with Crippen molar-refractivity contribution >= 4 is 83.0 Å². The van der Waals surface area contributed by atoms with Gasteiger partial charge in [-0.15, -0.1) is 11.3 Å². The van der Waals surface area contributed by atoms with Crippen LogP contribution in [0.25, 0.3) is 65.7 Å². The van der Waals surface area contributed by atoms with Crippen molar-refractivity contribution in [1.29, 1.82) is 0 Å². The number of thiophene rings is 1. The number of para-hydroxylation sites is 1. The molecule has 0 unspecified atom stereocenters. The molecule has 1 N–H and O–H groups in total. The van der Waals surface area contributed by atoms with Gasteiger partial charge in [0, 0.05) is 55.7 Å². The minimum Gasteiger partial charge on any atom is -0.456 e. The third kappa shape index (κ3) is 4.72. The number of furan rings is 1. The van der Waals surface area contributed by atoms with Crippen LogP contribution in [0.3, 0.4) is 0 Å². The zero-order chi connectivity index (χ0) is 32.3. The second-order valence-electron chi connectivity index (χ2n) is 12.6. The molecule has 0 saturated heterocycles. The van der Waals surface area contributed by atoms with Crippen LogP contribution < -0.4 is 10.2 Å². The van der Waals surface area contributed by atoms with Gasteiger partial charge in [-0.1, -0.05) is 103 Å². The van der Waals surface area contributed by atoms with Crippen LogP contribution in [-0.4, -0.2) is 0 Å². The van der Waals surface area contributed by atoms with Gasteiger partial charge >= 0.3 is 0 Å². The van der Waals surface area contributed by atoms with E-state index < -0.39 is 0 Å². The van der Waals surface area contributed by atoms with Gasteiger partial charge in [-0.05, 0) is 93.0 Å². The molecule has 10 rings (SSSR count). The molecule has 1 aliphatic rings. The molecular formula is C45H30N2OS. The van der Waals surface area contributed by atoms with Crippen molar-refractivity contribution in [1.82, 2.24) is 5.32 Å². The average molecular weight is 647 g/mol. The normalized spacial score (nSPS) is 12.7. The number of fused-ring (bicyclic) bond motifs is 7. The van der Waals surface area contributed by atoms with E-state index in [9.17, 15) is 0 Å². The number of rotatable bonds is 5. The van der Waals surface area contributed by atoms with Crippen LogP contribution in [0.5, 0.6) is 0 Å². The summed E-state index contributed by atoms with van der Waals surface area (Å²) in [4.78, 5) is 3.65. The van der Waals surface area contributed by atoms with Crippen molar-refractivity contribution in [3.63, 3.8) is 0 Å². The molecule has 7 aromatic carbocycles. The van der Waals surface area contributed by atoms with E-state index in [1.165, 1.54) is 48.0 Å². The van der Waals surface area contributed by atoms with Gasteiger partial charge in [0.25, 0.3) is 0 Å². The zero-order valence-electron chi connectivity index (χ0n) is 26.6. The van der Waals surface area contributed by atoms with Crippen molar-refractivity contribution in [2.24, 2.45) is 0 Å². The molecule has 0 saturated carbocycles. The molecule has 3 heterocycles. The van der Waals surface area contributed by atoms with Gasteiger partial charge in [-0.3, -0.25) is 0 Å². The second-order valence-corrected chi connectivity index (χ2v) is 13.7. The molecule has 3 nitrogen and oxygen atoms in total. The third-order valence-corrected chi connectivity index (χ3v) is 10.9. The summed E-state index contributed by atoms with van der Waals surface area (Å²) in [6.45, 7) is 0.833. The van der Waals surface area contributed by atoms with Gasteiger partial charge in [-0.2, -0.15) is 0 Å². The Labute approximate surface area is 288 Å². The van der Waals surface area contributed by atoms with E-state index in [1.807, 2.05) is 23.5 Å². The van der Waals surface area contributed by atoms with Crippen LogP contribution >= 0.6 is 11.3 Å². The molecular weight excluding hydrogens is 617 g/mol. The second kappa shape index (κ2) is 11.3. The van der Waals surface area contributed by atoms with Gasteiger partial charge in [0.15, 0.2) is 0 Å². The molecule has 0 spiro atoms. The lowest BCUT2D eigenvalue weighted by Gasteiger charge is -2.26. The minimum absolute atomic E-state index is 0.833. The Morgan fingerprint density at radius 1 is 0.531 bits per heavy atom. The van der Waals surface area contributed by atoms with Crippen LogP contribution in [0, 0.1) is 0 Å². The lowest BCUT2D eigenvalue weighted by atomic mass is 9.98. The van der Waals surface area contributed by atoms with Crippen LogP contribution in [0.4, 0.5) is 17.1 Å². The highest BCUT2D eigenvalue weighted by atomic mass is 32.1. The molecule has 49 heavy (non-hydrogen) atoms. The first-order valence-electron chi connectivity index (χ1n) is 16.6. The Balaban J connectivity index is 1.06. The summed E-state index contributed by atoms with van der Waals surface area (Å²) in [7, 11) is 0. The first kappa shape index (κ1) is 28.0. The number of nitrogens with one attached hydrogen (secondary N) is 1. The molecule has 0 amide bonds. The van der Waals surface area contributed by atoms with Gasteiger partial charge in [-0.25, -0.2) is 0 Å². The predicted molar refractivity (Wildman–Crippen MR) is 208 cm³/mol. The van der Waals surface area contributed by atoms with Crippen LogP contribution in [-0.2, 0) is 6.54 Å². The maximum Gasteiger partial charge on any atom is 0.137 e. The lowest BCUT2D eigenvalue weighted by Crippen LogP contribution is -2.16. The molecule has 4 heteroatoms. The van der Waals surface area contributed by atoms with Gasteiger partial charge in [0.1, 0.15) is 11.2 Å². The van der Waals surface area contributed by atoms with E-state index in [4.69, 9.17) is 4.42 Å². The molecule has 9 aromatic rings. The highest BCUT2D eigenvalue weighted by Crippen LogP contribution is 2.41. The average Bonchev–Trinajstić information content (AvgIpc) is 3.73. The number of anilines is 3. The van der Waals surface area contributed by atoms with Crippen molar-refractivity contribution in [2.75, 3.05) is 4.90 Å². The largest absolute Gasteiger partial charge is 0.456 e. The van der Waals surface area contributed by atoms with E-state index >= 15 is 0 Å². The Morgan fingerprint density at radius 2 is 1.18 bits per heavy atom. The fourth-order valence-electron chi connectivity index (χ4n) is 7.33. The maximum atomic E-state index is 6.34. The van der Waals surface area contributed by atoms with Gasteiger partial charge < -0.3 is 14.6 Å². The van der Waals surface area contributed by atoms with Crippen LogP contribution in [0.1, 0.15) is 16.0 Å². The Morgan fingerprint density at radius 3 is 2.02 bits per heavy atom. The van der Waals surface area contributed by atoms with Crippen LogP contribution in [0.2, 0.25) is 0 Å². The summed E-state index contributed by atoms with van der Waals surface area (Å²) in [6, 6.07) is 56.4. The fourth-order valence-corrected chi connectivity index (χ4v) is 8.49. The topological polar surface area (TPSA) is 28.4 Å². The monoisotopic (exact) mass is 646 g/mol. The minimum atomic E-state index is 0.833. The summed E-state index contributed by atoms with van der Waals surface area (Å²) in [6.07, 6.45) is 2.30. The molecule has 1 aliphatic heterocycles. The van der Waals surface area contributed by atoms with E-state index in [1.54, 1.807) is 0 Å². The quantitative estimate of drug-likeness (QED) is 0.202. The summed E-state index contributed by atoms with van der Waals surface area (Å²) in [5, 5.41) is 9.80. The molecule has 0 aliphatic carbocycles. The SMILES string of the molecule is C1=C(c2ccc(N(c3ccc(-c4cccc5ccccc45)cc3)c3ccc4c(c3)oc3ccccc34)cc2)NCc2c1sc1ccccc21. The van der Waals surface area contributed by atoms with Crippen molar-refractivity contribution < 1.29 is 4.42 Å². The van der Waals surface area contributed by atoms with E-state index in [0.717, 1.165) is 51.2 Å². The van der Waals surface area contributed by atoms with E-state index in [0.29, 0.717) is 0 Å². The van der Waals surface area contributed by atoms with Gasteiger partial charge in [0.2, 0.25) is 0 Å². The van der Waals surface area contributed by atoms with Crippen LogP contribution in [0.15, 0.2) is 162 Å². The Hall–Kier alpha value is -6.10. The molecule has 2 aromatic heterocycles. The molecule has 0 atom stereocenters. The predicted octanol–water partition coefficient (Wildman–Crippen LogP) is 12.7. The number of benzene rings is 7. The fraction of sp³-hybridized carbons (Fsp3) is 0.0222. The summed E-state index contributed by atoms with van der Waals surface area (Å²) < 4.78 is 7.68. The summed E-state index contributed by atoms with van der Waals surface area (Å²) >= 11 is 1.87. The Bertz CT molecular complexity index is 2710. The van der Waals surface area contributed by atoms with Crippen molar-refractivity contribution in [3.8, 4) is 11.1 Å². The number of nitrogens with zero attached hydrogens (tertiary/aromatic N) is 1. The summed E-state index contributed by atoms with van der Waals surface area (Å²) in [5.41, 5.74) is 11.1. The van der Waals surface area contributed by atoms with E-state index in [-0.39, 0.29) is 0 Å². The van der Waals surface area contributed by atoms with Crippen molar-refractivity contribution in [3.05, 3.63) is 174 Å².